The molecule has 1 N–H and O–H groups in total. The van der Waals surface area contributed by atoms with E-state index in [-0.39, 0.29) is 17.5 Å². The zero-order chi connectivity index (χ0) is 21.8. The first-order valence-electron chi connectivity index (χ1n) is 11.1. The van der Waals surface area contributed by atoms with Gasteiger partial charge in [-0.15, -0.1) is 0 Å². The number of hydrogen-bond acceptors (Lipinski definition) is 2. The maximum Gasteiger partial charge on any atom is 0.262 e. The van der Waals surface area contributed by atoms with E-state index in [1.807, 2.05) is 30.3 Å². The van der Waals surface area contributed by atoms with E-state index in [9.17, 15) is 10.1 Å². The summed E-state index contributed by atoms with van der Waals surface area (Å²) in [5.74, 6) is 0.188. The highest BCUT2D eigenvalue weighted by Crippen LogP contribution is 2.29. The highest BCUT2D eigenvalue weighted by Gasteiger charge is 2.24. The van der Waals surface area contributed by atoms with E-state index in [2.05, 4.69) is 54.1 Å². The maximum absolute atomic E-state index is 12.9. The van der Waals surface area contributed by atoms with E-state index >= 15 is 0 Å². The van der Waals surface area contributed by atoms with Crippen molar-refractivity contribution in [2.45, 2.75) is 52.1 Å². The van der Waals surface area contributed by atoms with Crippen LogP contribution in [0.3, 0.4) is 0 Å². The minimum absolute atomic E-state index is 0.151. The Morgan fingerprint density at radius 2 is 1.84 bits per heavy atom. The van der Waals surface area contributed by atoms with Crippen LogP contribution in [0.25, 0.3) is 17.0 Å². The second-order valence-electron chi connectivity index (χ2n) is 8.60. The molecule has 4 nitrogen and oxygen atoms in total. The monoisotopic (exact) mass is 411 g/mol. The first-order chi connectivity index (χ1) is 15.1. The van der Waals surface area contributed by atoms with Crippen LogP contribution >= 0.6 is 0 Å². The molecule has 1 saturated carbocycles. The molecule has 0 bridgehead atoms. The molecule has 1 amide bonds. The van der Waals surface area contributed by atoms with Crippen LogP contribution in [0.5, 0.6) is 0 Å². The molecule has 158 valence electrons. The largest absolute Gasteiger partial charge is 0.348 e. The summed E-state index contributed by atoms with van der Waals surface area (Å²) in [5.41, 5.74) is 4.48. The van der Waals surface area contributed by atoms with Crippen molar-refractivity contribution in [1.82, 2.24) is 9.88 Å². The molecular formula is C27H29N3O. The van der Waals surface area contributed by atoms with Gasteiger partial charge in [-0.3, -0.25) is 4.79 Å². The van der Waals surface area contributed by atoms with Gasteiger partial charge in [-0.05, 0) is 43.4 Å². The smallest absolute Gasteiger partial charge is 0.262 e. The molecule has 1 aliphatic carbocycles. The van der Waals surface area contributed by atoms with Gasteiger partial charge >= 0.3 is 0 Å². The van der Waals surface area contributed by atoms with Crippen LogP contribution < -0.4 is 5.32 Å². The van der Waals surface area contributed by atoms with Gasteiger partial charge in [0.2, 0.25) is 0 Å². The van der Waals surface area contributed by atoms with E-state index < -0.39 is 0 Å². The Morgan fingerprint density at radius 1 is 1.13 bits per heavy atom. The van der Waals surface area contributed by atoms with Crippen molar-refractivity contribution < 1.29 is 4.79 Å². The predicted molar refractivity (Wildman–Crippen MR) is 125 cm³/mol. The summed E-state index contributed by atoms with van der Waals surface area (Å²) < 4.78 is 2.26. The standard InChI is InChI=1S/C27H29N3O/c1-19-10-6-8-14-25(19)29-27(31)22(17-28)16-24-20(2)30(18-21-11-4-3-5-12-21)26-15-9-7-13-23(24)26/h3-5,7,9,11-13,15-16,19,25H,6,8,10,14,18H2,1-2H3,(H,29,31)/b22-16+/t19-,25+/m0/s1. The molecule has 0 spiro atoms. The molecule has 0 radical (unpaired) electrons. The number of para-hydroxylation sites is 1. The minimum atomic E-state index is -0.263. The number of fused-ring (bicyclic) bond motifs is 1. The third-order valence-corrected chi connectivity index (χ3v) is 6.54. The van der Waals surface area contributed by atoms with Crippen LogP contribution in [-0.2, 0) is 11.3 Å². The normalized spacial score (nSPS) is 19.2. The van der Waals surface area contributed by atoms with Gasteiger partial charge in [0.25, 0.3) is 5.91 Å². The van der Waals surface area contributed by atoms with Crippen molar-refractivity contribution in [3.63, 3.8) is 0 Å². The second kappa shape index (κ2) is 9.22. The maximum atomic E-state index is 12.9. The summed E-state index contributed by atoms with van der Waals surface area (Å²) >= 11 is 0. The molecule has 1 aromatic heterocycles. The number of amides is 1. The van der Waals surface area contributed by atoms with Gasteiger partial charge in [-0.2, -0.15) is 5.26 Å². The van der Waals surface area contributed by atoms with Gasteiger partial charge in [0, 0.05) is 34.7 Å². The number of nitrogens with one attached hydrogen (secondary N) is 1. The van der Waals surface area contributed by atoms with Crippen LogP contribution in [0.15, 0.2) is 60.2 Å². The molecule has 0 unspecified atom stereocenters. The number of carbonyl (C=O) groups is 1. The average molecular weight is 412 g/mol. The van der Waals surface area contributed by atoms with Crippen molar-refractivity contribution >= 4 is 22.9 Å². The Morgan fingerprint density at radius 3 is 2.58 bits per heavy atom. The topological polar surface area (TPSA) is 57.8 Å². The van der Waals surface area contributed by atoms with Crippen LogP contribution in [0.2, 0.25) is 0 Å². The lowest BCUT2D eigenvalue weighted by Crippen LogP contribution is -2.41. The molecule has 0 saturated heterocycles. The highest BCUT2D eigenvalue weighted by molar-refractivity contribution is 6.04. The van der Waals surface area contributed by atoms with Crippen molar-refractivity contribution in [3.8, 4) is 6.07 Å². The Balaban J connectivity index is 1.69. The molecule has 1 aliphatic rings. The van der Waals surface area contributed by atoms with Gasteiger partial charge in [0.15, 0.2) is 0 Å². The third kappa shape index (κ3) is 4.41. The summed E-state index contributed by atoms with van der Waals surface area (Å²) in [6.07, 6.45) is 6.23. The number of nitrogens with zero attached hydrogens (tertiary/aromatic N) is 2. The fourth-order valence-electron chi connectivity index (χ4n) is 4.68. The van der Waals surface area contributed by atoms with E-state index in [1.165, 1.54) is 12.0 Å². The summed E-state index contributed by atoms with van der Waals surface area (Å²) in [5, 5.41) is 13.9. The SMILES string of the molecule is Cc1c(/C=C(\C#N)C(=O)N[C@@H]2CCCC[C@@H]2C)c2ccccc2n1Cc1ccccc1. The minimum Gasteiger partial charge on any atom is -0.348 e. The molecule has 3 aromatic rings. The molecule has 2 atom stereocenters. The van der Waals surface area contributed by atoms with Crippen LogP contribution in [0.1, 0.15) is 49.4 Å². The molecular weight excluding hydrogens is 382 g/mol. The Labute approximate surface area is 184 Å². The number of aromatic nitrogens is 1. The summed E-state index contributed by atoms with van der Waals surface area (Å²) in [6, 6.07) is 20.8. The fourth-order valence-corrected chi connectivity index (χ4v) is 4.68. The Bertz CT molecular complexity index is 1150. The van der Waals surface area contributed by atoms with Crippen molar-refractivity contribution in [3.05, 3.63) is 77.0 Å². The number of benzene rings is 2. The fraction of sp³-hybridized carbons (Fsp3) is 0.333. The van der Waals surface area contributed by atoms with Gasteiger partial charge in [-0.1, -0.05) is 68.3 Å². The van der Waals surface area contributed by atoms with Crippen LogP contribution in [-0.4, -0.2) is 16.5 Å². The van der Waals surface area contributed by atoms with Crippen molar-refractivity contribution in [2.75, 3.05) is 0 Å². The molecule has 31 heavy (non-hydrogen) atoms. The van der Waals surface area contributed by atoms with Crippen molar-refractivity contribution in [2.24, 2.45) is 5.92 Å². The van der Waals surface area contributed by atoms with Gasteiger partial charge < -0.3 is 9.88 Å². The number of hydrogen-bond donors (Lipinski definition) is 1. The molecule has 1 fully saturated rings. The lowest BCUT2D eigenvalue weighted by molar-refractivity contribution is -0.118. The predicted octanol–water partition coefficient (Wildman–Crippen LogP) is 5.60. The first-order valence-corrected chi connectivity index (χ1v) is 11.1. The highest BCUT2D eigenvalue weighted by atomic mass is 16.1. The van der Waals surface area contributed by atoms with Gasteiger partial charge in [-0.25, -0.2) is 0 Å². The lowest BCUT2D eigenvalue weighted by atomic mass is 9.86. The molecule has 1 heterocycles. The Kier molecular flexibility index (Phi) is 6.23. The summed E-state index contributed by atoms with van der Waals surface area (Å²) in [7, 11) is 0. The van der Waals surface area contributed by atoms with Crippen LogP contribution in [0, 0.1) is 24.2 Å². The molecule has 4 rings (SSSR count). The third-order valence-electron chi connectivity index (χ3n) is 6.54. The summed E-state index contributed by atoms with van der Waals surface area (Å²) in [4.78, 5) is 12.9. The molecule has 2 aromatic carbocycles. The zero-order valence-corrected chi connectivity index (χ0v) is 18.3. The number of nitriles is 1. The van der Waals surface area contributed by atoms with E-state index in [1.54, 1.807) is 6.08 Å². The summed E-state index contributed by atoms with van der Waals surface area (Å²) in [6.45, 7) is 4.99. The van der Waals surface area contributed by atoms with Crippen molar-refractivity contribution in [1.29, 1.82) is 5.26 Å². The van der Waals surface area contributed by atoms with Crippen LogP contribution in [0.4, 0.5) is 0 Å². The average Bonchev–Trinajstić information content (AvgIpc) is 3.05. The van der Waals surface area contributed by atoms with Gasteiger partial charge in [0.05, 0.1) is 0 Å². The first kappa shape index (κ1) is 20.9. The Hall–Kier alpha value is -3.32. The molecule has 4 heteroatoms. The van der Waals surface area contributed by atoms with E-state index in [4.69, 9.17) is 0 Å². The number of carbonyl (C=O) groups excluding carboxylic acids is 1. The second-order valence-corrected chi connectivity index (χ2v) is 8.60. The lowest BCUT2D eigenvalue weighted by Gasteiger charge is -2.29. The quantitative estimate of drug-likeness (QED) is 0.439. The van der Waals surface area contributed by atoms with E-state index in [0.717, 1.165) is 48.0 Å². The molecule has 0 aliphatic heterocycles. The van der Waals surface area contributed by atoms with Gasteiger partial charge in [0.1, 0.15) is 11.6 Å². The zero-order valence-electron chi connectivity index (χ0n) is 18.3. The van der Waals surface area contributed by atoms with E-state index in [0.29, 0.717) is 5.92 Å². The number of rotatable bonds is 5.